The first-order chi connectivity index (χ1) is 10.7. The summed E-state index contributed by atoms with van der Waals surface area (Å²) in [6.45, 7) is 3.59. The highest BCUT2D eigenvalue weighted by Gasteiger charge is 2.17. The molecule has 23 heavy (non-hydrogen) atoms. The topological polar surface area (TPSA) is 92.7 Å². The molecule has 0 heterocycles. The molecule has 0 aliphatic heterocycles. The van der Waals surface area contributed by atoms with Gasteiger partial charge in [0.25, 0.3) is 10.0 Å². The summed E-state index contributed by atoms with van der Waals surface area (Å²) in [6.07, 6.45) is 0. The smallest absolute Gasteiger partial charge is 0.335 e. The summed E-state index contributed by atoms with van der Waals surface area (Å²) in [6, 6.07) is 8.47. The van der Waals surface area contributed by atoms with E-state index in [9.17, 15) is 13.2 Å². The predicted octanol–water partition coefficient (Wildman–Crippen LogP) is 2.81. The number of aryl methyl sites for hydroxylation is 2. The minimum absolute atomic E-state index is 0.00429. The van der Waals surface area contributed by atoms with Crippen LogP contribution in [0.3, 0.4) is 0 Å². The van der Waals surface area contributed by atoms with Gasteiger partial charge in [0, 0.05) is 0 Å². The largest absolute Gasteiger partial charge is 0.496 e. The van der Waals surface area contributed by atoms with Gasteiger partial charge in [0.2, 0.25) is 0 Å². The van der Waals surface area contributed by atoms with Crippen molar-refractivity contribution in [1.29, 1.82) is 0 Å². The van der Waals surface area contributed by atoms with Gasteiger partial charge in [-0.25, -0.2) is 13.2 Å². The van der Waals surface area contributed by atoms with Crippen molar-refractivity contribution in [2.45, 2.75) is 18.7 Å². The molecule has 0 aliphatic rings. The Bertz CT molecular complexity index is 842. The van der Waals surface area contributed by atoms with Gasteiger partial charge in [0.05, 0.1) is 23.3 Å². The quantitative estimate of drug-likeness (QED) is 0.876. The number of nitrogens with one attached hydrogen (secondary N) is 1. The summed E-state index contributed by atoms with van der Waals surface area (Å²) in [5, 5.41) is 8.85. The van der Waals surface area contributed by atoms with Crippen LogP contribution in [0, 0.1) is 13.8 Å². The Kier molecular flexibility index (Phi) is 4.60. The Morgan fingerprint density at radius 3 is 2.22 bits per heavy atom. The van der Waals surface area contributed by atoms with Crippen molar-refractivity contribution in [3.63, 3.8) is 0 Å². The number of sulfonamides is 1. The van der Waals surface area contributed by atoms with E-state index in [0.717, 1.165) is 11.1 Å². The van der Waals surface area contributed by atoms with Crippen LogP contribution in [-0.2, 0) is 10.0 Å². The number of hydrogen-bond acceptors (Lipinski definition) is 4. The molecule has 2 N–H and O–H groups in total. The lowest BCUT2D eigenvalue weighted by molar-refractivity contribution is 0.0696. The molecule has 6 nitrogen and oxygen atoms in total. The summed E-state index contributed by atoms with van der Waals surface area (Å²) < 4.78 is 32.5. The summed E-state index contributed by atoms with van der Waals surface area (Å²) in [4.78, 5) is 10.8. The van der Waals surface area contributed by atoms with Gasteiger partial charge in [0.1, 0.15) is 5.75 Å². The molecule has 2 aromatic rings. The molecule has 0 radical (unpaired) electrons. The van der Waals surface area contributed by atoms with Gasteiger partial charge in [-0.2, -0.15) is 0 Å². The molecule has 0 amide bonds. The van der Waals surface area contributed by atoms with Crippen molar-refractivity contribution in [3.05, 3.63) is 53.1 Å². The Morgan fingerprint density at radius 2 is 1.70 bits per heavy atom. The molecule has 2 aromatic carbocycles. The molecule has 122 valence electrons. The van der Waals surface area contributed by atoms with E-state index in [-0.39, 0.29) is 10.5 Å². The van der Waals surface area contributed by atoms with Crippen LogP contribution < -0.4 is 9.46 Å². The van der Waals surface area contributed by atoms with E-state index in [1.807, 2.05) is 6.92 Å². The van der Waals surface area contributed by atoms with E-state index >= 15 is 0 Å². The summed E-state index contributed by atoms with van der Waals surface area (Å²) in [5.74, 6) is -0.431. The zero-order valence-corrected chi connectivity index (χ0v) is 13.8. The van der Waals surface area contributed by atoms with Crippen molar-refractivity contribution >= 4 is 21.7 Å². The lowest BCUT2D eigenvalue weighted by Gasteiger charge is -2.14. The number of benzene rings is 2. The lowest BCUT2D eigenvalue weighted by Crippen LogP contribution is -2.14. The average molecular weight is 335 g/mol. The third-order valence-corrected chi connectivity index (χ3v) is 4.78. The molecule has 0 aromatic heterocycles. The average Bonchev–Trinajstić information content (AvgIpc) is 2.50. The second kappa shape index (κ2) is 6.29. The number of ether oxygens (including phenoxy) is 1. The standard InChI is InChI=1S/C16H17NO5S/c1-10-9-15(22-3)11(2)8-14(10)17-23(20,21)13-6-4-12(5-7-13)16(18)19/h4-9,17H,1-3H3,(H,18,19). The summed E-state index contributed by atoms with van der Waals surface area (Å²) in [7, 11) is -2.25. The minimum atomic E-state index is -3.80. The molecule has 0 saturated carbocycles. The summed E-state index contributed by atoms with van der Waals surface area (Å²) in [5.41, 5.74) is 2.00. The molecule has 0 spiro atoms. The lowest BCUT2D eigenvalue weighted by atomic mass is 10.1. The van der Waals surface area contributed by atoms with Gasteiger partial charge in [-0.05, 0) is 61.4 Å². The van der Waals surface area contributed by atoms with Gasteiger partial charge in [0.15, 0.2) is 0 Å². The molecule has 2 rings (SSSR count). The zero-order chi connectivity index (χ0) is 17.2. The molecule has 0 fully saturated rings. The van der Waals surface area contributed by atoms with E-state index in [2.05, 4.69) is 4.72 Å². The molecular weight excluding hydrogens is 318 g/mol. The number of carboxylic acids is 1. The van der Waals surface area contributed by atoms with Crippen LogP contribution in [0.2, 0.25) is 0 Å². The number of rotatable bonds is 5. The van der Waals surface area contributed by atoms with Crippen LogP contribution in [0.15, 0.2) is 41.3 Å². The second-order valence-electron chi connectivity index (χ2n) is 5.07. The van der Waals surface area contributed by atoms with Crippen molar-refractivity contribution in [2.75, 3.05) is 11.8 Å². The maximum absolute atomic E-state index is 12.4. The first kappa shape index (κ1) is 16.8. The molecule has 0 unspecified atom stereocenters. The van der Waals surface area contributed by atoms with E-state index in [0.29, 0.717) is 11.4 Å². The Balaban J connectivity index is 2.34. The van der Waals surface area contributed by atoms with Gasteiger partial charge < -0.3 is 9.84 Å². The maximum Gasteiger partial charge on any atom is 0.335 e. The van der Waals surface area contributed by atoms with Crippen LogP contribution in [-0.4, -0.2) is 26.6 Å². The van der Waals surface area contributed by atoms with Crippen LogP contribution in [0.4, 0.5) is 5.69 Å². The van der Waals surface area contributed by atoms with Crippen molar-refractivity contribution in [3.8, 4) is 5.75 Å². The Hall–Kier alpha value is -2.54. The van der Waals surface area contributed by atoms with Crippen molar-refractivity contribution < 1.29 is 23.1 Å². The molecule has 0 atom stereocenters. The van der Waals surface area contributed by atoms with E-state index in [1.54, 1.807) is 26.2 Å². The number of anilines is 1. The molecule has 0 bridgehead atoms. The molecule has 7 heteroatoms. The number of methoxy groups -OCH3 is 1. The molecule has 0 aliphatic carbocycles. The fourth-order valence-corrected chi connectivity index (χ4v) is 3.22. The second-order valence-corrected chi connectivity index (χ2v) is 6.75. The van der Waals surface area contributed by atoms with Crippen molar-refractivity contribution in [2.24, 2.45) is 0 Å². The van der Waals surface area contributed by atoms with Gasteiger partial charge in [-0.15, -0.1) is 0 Å². The predicted molar refractivity (Wildman–Crippen MR) is 86.7 cm³/mol. The highest BCUT2D eigenvalue weighted by Crippen LogP contribution is 2.27. The first-order valence-electron chi connectivity index (χ1n) is 6.76. The monoisotopic (exact) mass is 335 g/mol. The van der Waals surface area contributed by atoms with Crippen LogP contribution in [0.1, 0.15) is 21.5 Å². The van der Waals surface area contributed by atoms with Crippen molar-refractivity contribution in [1.82, 2.24) is 0 Å². The maximum atomic E-state index is 12.4. The van der Waals surface area contributed by atoms with Crippen LogP contribution >= 0.6 is 0 Å². The van der Waals surface area contributed by atoms with Gasteiger partial charge in [-0.1, -0.05) is 0 Å². The third kappa shape index (κ3) is 3.62. The van der Waals surface area contributed by atoms with Gasteiger partial charge >= 0.3 is 5.97 Å². The highest BCUT2D eigenvalue weighted by atomic mass is 32.2. The first-order valence-corrected chi connectivity index (χ1v) is 8.24. The fraction of sp³-hybridized carbons (Fsp3) is 0.188. The van der Waals surface area contributed by atoms with Crippen LogP contribution in [0.5, 0.6) is 5.75 Å². The summed E-state index contributed by atoms with van der Waals surface area (Å²) >= 11 is 0. The minimum Gasteiger partial charge on any atom is -0.496 e. The van der Waals surface area contributed by atoms with Crippen LogP contribution in [0.25, 0.3) is 0 Å². The SMILES string of the molecule is COc1cc(C)c(NS(=O)(=O)c2ccc(C(=O)O)cc2)cc1C. The van der Waals surface area contributed by atoms with E-state index in [1.165, 1.54) is 24.3 Å². The Morgan fingerprint density at radius 1 is 1.09 bits per heavy atom. The molecule has 0 saturated heterocycles. The van der Waals surface area contributed by atoms with E-state index in [4.69, 9.17) is 9.84 Å². The van der Waals surface area contributed by atoms with E-state index < -0.39 is 16.0 Å². The molecular formula is C16H17NO5S. The number of carbonyl (C=O) groups is 1. The fourth-order valence-electron chi connectivity index (χ4n) is 2.10. The Labute approximate surface area is 134 Å². The zero-order valence-electron chi connectivity index (χ0n) is 13.0. The van der Waals surface area contributed by atoms with Gasteiger partial charge in [-0.3, -0.25) is 4.72 Å². The normalized spacial score (nSPS) is 11.1. The third-order valence-electron chi connectivity index (χ3n) is 3.40. The highest BCUT2D eigenvalue weighted by molar-refractivity contribution is 7.92. The number of hydrogen-bond donors (Lipinski definition) is 2. The number of carboxylic acid groups (broad SMARTS) is 1. The number of aromatic carboxylic acids is 1.